The van der Waals surface area contributed by atoms with Crippen LogP contribution in [0.25, 0.3) is 22.1 Å². The lowest BCUT2D eigenvalue weighted by Gasteiger charge is -2.15. The molecule has 0 atom stereocenters. The Hall–Kier alpha value is -3.26. The van der Waals surface area contributed by atoms with E-state index in [2.05, 4.69) is 20.2 Å². The van der Waals surface area contributed by atoms with Crippen LogP contribution in [0.5, 0.6) is 0 Å². The van der Waals surface area contributed by atoms with E-state index in [1.807, 2.05) is 36.4 Å². The third-order valence-electron chi connectivity index (χ3n) is 5.01. The van der Waals surface area contributed by atoms with Crippen molar-refractivity contribution < 1.29 is 9.59 Å². The zero-order valence-corrected chi connectivity index (χ0v) is 16.3. The smallest absolute Gasteiger partial charge is 0.227 e. The van der Waals surface area contributed by atoms with E-state index in [-0.39, 0.29) is 17.4 Å². The zero-order valence-electron chi connectivity index (χ0n) is 15.5. The minimum atomic E-state index is -0.0188. The van der Waals surface area contributed by atoms with Gasteiger partial charge in [0.25, 0.3) is 0 Å². The van der Waals surface area contributed by atoms with Crippen molar-refractivity contribution in [1.29, 1.82) is 0 Å². The van der Waals surface area contributed by atoms with Crippen LogP contribution in [0.1, 0.15) is 23.2 Å². The topological polar surface area (TPSA) is 91.8 Å². The first-order chi connectivity index (χ1) is 14.2. The fourth-order valence-electron chi connectivity index (χ4n) is 3.53. The first-order valence-corrected chi connectivity index (χ1v) is 10.4. The van der Waals surface area contributed by atoms with Gasteiger partial charge >= 0.3 is 0 Å². The molecule has 8 heteroatoms. The van der Waals surface area contributed by atoms with Crippen molar-refractivity contribution in [1.82, 2.24) is 20.2 Å². The number of ketones is 1. The molecular formula is C21H17N5O2S. The molecule has 2 aromatic heterocycles. The first-order valence-electron chi connectivity index (χ1n) is 9.36. The minimum Gasteiger partial charge on any atom is -0.338 e. The molecule has 29 heavy (non-hydrogen) atoms. The van der Waals surface area contributed by atoms with Gasteiger partial charge in [0, 0.05) is 35.1 Å². The second kappa shape index (κ2) is 7.29. The molecule has 3 heterocycles. The Morgan fingerprint density at radius 1 is 1.10 bits per heavy atom. The summed E-state index contributed by atoms with van der Waals surface area (Å²) in [4.78, 5) is 33.9. The van der Waals surface area contributed by atoms with Crippen LogP contribution in [-0.4, -0.2) is 44.2 Å². The normalized spacial score (nSPS) is 14.2. The molecule has 5 rings (SSSR count). The summed E-state index contributed by atoms with van der Waals surface area (Å²) in [5.41, 5.74) is 3.79. The summed E-state index contributed by atoms with van der Waals surface area (Å²) in [6, 6.07) is 15.0. The number of hydrogen-bond donors (Lipinski definition) is 1. The Kier molecular flexibility index (Phi) is 4.48. The summed E-state index contributed by atoms with van der Waals surface area (Å²) in [5, 5.41) is 9.86. The number of fused-ring (bicyclic) bond motifs is 3. The standard InChI is InChI=1S/C21H17N5O2S/c27-17(13-7-9-14(10-8-13)26-11-3-6-18(26)28)12-29-21-23-20-19(24-25-21)15-4-1-2-5-16(15)22-20/h1-2,4-5,7-10H,3,6,11-12H2,(H,22,23,25). The molecular weight excluding hydrogens is 386 g/mol. The zero-order chi connectivity index (χ0) is 19.8. The molecule has 2 aromatic carbocycles. The van der Waals surface area contributed by atoms with E-state index >= 15 is 0 Å². The van der Waals surface area contributed by atoms with E-state index in [4.69, 9.17) is 0 Å². The molecule has 0 radical (unpaired) electrons. The lowest BCUT2D eigenvalue weighted by atomic mass is 10.1. The maximum atomic E-state index is 12.5. The molecule has 4 aromatic rings. The number of benzene rings is 2. The van der Waals surface area contributed by atoms with Gasteiger partial charge in [-0.15, -0.1) is 10.2 Å². The molecule has 0 aliphatic carbocycles. The summed E-state index contributed by atoms with van der Waals surface area (Å²) in [6.45, 7) is 0.739. The van der Waals surface area contributed by atoms with Crippen LogP contribution in [-0.2, 0) is 4.79 Å². The van der Waals surface area contributed by atoms with Gasteiger partial charge in [-0.2, -0.15) is 0 Å². The molecule has 0 bridgehead atoms. The number of nitrogens with zero attached hydrogens (tertiary/aromatic N) is 4. The number of nitrogens with one attached hydrogen (secondary N) is 1. The highest BCUT2D eigenvalue weighted by Gasteiger charge is 2.21. The predicted octanol–water partition coefficient (Wildman–Crippen LogP) is 3.61. The number of carbonyl (C=O) groups excluding carboxylic acids is 2. The summed E-state index contributed by atoms with van der Waals surface area (Å²) >= 11 is 1.26. The van der Waals surface area contributed by atoms with E-state index in [0.29, 0.717) is 22.8 Å². The van der Waals surface area contributed by atoms with E-state index < -0.39 is 0 Å². The van der Waals surface area contributed by atoms with E-state index in [9.17, 15) is 9.59 Å². The Morgan fingerprint density at radius 3 is 2.72 bits per heavy atom. The lowest BCUT2D eigenvalue weighted by Crippen LogP contribution is -2.23. The van der Waals surface area contributed by atoms with Gasteiger partial charge < -0.3 is 9.88 Å². The summed E-state index contributed by atoms with van der Waals surface area (Å²) in [6.07, 6.45) is 1.47. The van der Waals surface area contributed by atoms with Gasteiger partial charge in [0.05, 0.1) is 5.75 Å². The highest BCUT2D eigenvalue weighted by Crippen LogP contribution is 2.25. The number of carbonyl (C=O) groups is 2. The van der Waals surface area contributed by atoms with Crippen molar-refractivity contribution >= 4 is 51.2 Å². The average Bonchev–Trinajstić information content (AvgIpc) is 3.35. The number of aromatic amines is 1. The van der Waals surface area contributed by atoms with Gasteiger partial charge in [-0.1, -0.05) is 30.0 Å². The molecule has 1 saturated heterocycles. The van der Waals surface area contributed by atoms with Crippen molar-refractivity contribution in [2.24, 2.45) is 0 Å². The van der Waals surface area contributed by atoms with Crippen LogP contribution in [0.3, 0.4) is 0 Å². The number of H-pyrrole nitrogens is 1. The van der Waals surface area contributed by atoms with Crippen LogP contribution in [0.15, 0.2) is 53.7 Å². The second-order valence-electron chi connectivity index (χ2n) is 6.87. The lowest BCUT2D eigenvalue weighted by molar-refractivity contribution is -0.117. The number of Topliss-reactive ketones (excluding diaryl/α,β-unsaturated/α-hetero) is 1. The minimum absolute atomic E-state index is 0.0188. The number of para-hydroxylation sites is 1. The number of amides is 1. The van der Waals surface area contributed by atoms with Crippen LogP contribution in [0, 0.1) is 0 Å². The van der Waals surface area contributed by atoms with Crippen LogP contribution < -0.4 is 4.90 Å². The van der Waals surface area contributed by atoms with Gasteiger partial charge in [0.2, 0.25) is 11.1 Å². The molecule has 1 aliphatic rings. The quantitative estimate of drug-likeness (QED) is 0.404. The molecule has 144 valence electrons. The number of hydrogen-bond acceptors (Lipinski definition) is 6. The fraction of sp³-hybridized carbons (Fsp3) is 0.190. The number of thioether (sulfide) groups is 1. The van der Waals surface area contributed by atoms with Crippen molar-refractivity contribution in [3.63, 3.8) is 0 Å². The first kappa shape index (κ1) is 17.8. The van der Waals surface area contributed by atoms with Gasteiger partial charge in [0.1, 0.15) is 5.52 Å². The monoisotopic (exact) mass is 403 g/mol. The van der Waals surface area contributed by atoms with Crippen molar-refractivity contribution in [3.8, 4) is 0 Å². The highest BCUT2D eigenvalue weighted by molar-refractivity contribution is 7.99. The number of rotatable bonds is 5. The number of anilines is 1. The van der Waals surface area contributed by atoms with Gasteiger partial charge in [-0.05, 0) is 36.8 Å². The molecule has 1 aliphatic heterocycles. The van der Waals surface area contributed by atoms with Crippen molar-refractivity contribution in [2.75, 3.05) is 17.2 Å². The largest absolute Gasteiger partial charge is 0.338 e. The van der Waals surface area contributed by atoms with E-state index in [1.165, 1.54) is 11.8 Å². The SMILES string of the molecule is O=C(CSc1nnc2c(n1)[nH]c1ccccc12)c1ccc(N2CCCC2=O)cc1. The Morgan fingerprint density at radius 2 is 1.93 bits per heavy atom. The van der Waals surface area contributed by atoms with E-state index in [1.54, 1.807) is 17.0 Å². The molecule has 7 nitrogen and oxygen atoms in total. The third-order valence-corrected chi connectivity index (χ3v) is 5.85. The Balaban J connectivity index is 1.28. The van der Waals surface area contributed by atoms with E-state index in [0.717, 1.165) is 35.1 Å². The molecule has 0 saturated carbocycles. The van der Waals surface area contributed by atoms with Crippen molar-refractivity contribution in [3.05, 3.63) is 54.1 Å². The Labute approximate surface area is 170 Å². The average molecular weight is 403 g/mol. The van der Waals surface area contributed by atoms with Gasteiger partial charge in [-0.3, -0.25) is 9.59 Å². The second-order valence-corrected chi connectivity index (χ2v) is 7.81. The van der Waals surface area contributed by atoms with Crippen LogP contribution in [0.2, 0.25) is 0 Å². The Bertz CT molecular complexity index is 1240. The van der Waals surface area contributed by atoms with Gasteiger partial charge in [0.15, 0.2) is 11.4 Å². The maximum Gasteiger partial charge on any atom is 0.227 e. The van der Waals surface area contributed by atoms with Gasteiger partial charge in [-0.25, -0.2) is 4.98 Å². The molecule has 1 amide bonds. The summed E-state index contributed by atoms with van der Waals surface area (Å²) < 4.78 is 0. The van der Waals surface area contributed by atoms with Crippen molar-refractivity contribution in [2.45, 2.75) is 18.0 Å². The summed E-state index contributed by atoms with van der Waals surface area (Å²) in [5.74, 6) is 0.335. The third kappa shape index (κ3) is 3.36. The maximum absolute atomic E-state index is 12.5. The fourth-order valence-corrected chi connectivity index (χ4v) is 4.21. The predicted molar refractivity (Wildman–Crippen MR) is 112 cm³/mol. The summed E-state index contributed by atoms with van der Waals surface area (Å²) in [7, 11) is 0. The van der Waals surface area contributed by atoms with Crippen LogP contribution >= 0.6 is 11.8 Å². The highest BCUT2D eigenvalue weighted by atomic mass is 32.2. The molecule has 1 N–H and O–H groups in total. The molecule has 1 fully saturated rings. The molecule has 0 spiro atoms. The number of aromatic nitrogens is 4. The molecule has 0 unspecified atom stereocenters. The van der Waals surface area contributed by atoms with Crippen LogP contribution in [0.4, 0.5) is 5.69 Å².